The van der Waals surface area contributed by atoms with Crippen LogP contribution in [-0.2, 0) is 21.2 Å². The Kier molecular flexibility index (Phi) is 6.84. The standard InChI is InChI=1S/C23H23FN2O3S/c1-18-7-13-22(14-8-18)30(28,29)26(21-11-9-20(24)10-12-21)17-23(27)25-16-15-19-5-3-2-4-6-19/h2-14H,15-17H2,1H3,(H,25,27). The van der Waals surface area contributed by atoms with Crippen molar-refractivity contribution in [3.05, 3.63) is 95.8 Å². The van der Waals surface area contributed by atoms with Gasteiger partial charge in [-0.2, -0.15) is 0 Å². The molecule has 0 saturated carbocycles. The van der Waals surface area contributed by atoms with E-state index in [-0.39, 0.29) is 10.6 Å². The van der Waals surface area contributed by atoms with Crippen molar-refractivity contribution in [1.82, 2.24) is 5.32 Å². The topological polar surface area (TPSA) is 66.5 Å². The van der Waals surface area contributed by atoms with Crippen LogP contribution in [0.1, 0.15) is 11.1 Å². The van der Waals surface area contributed by atoms with E-state index in [0.717, 1.165) is 15.4 Å². The van der Waals surface area contributed by atoms with Gasteiger partial charge in [-0.25, -0.2) is 12.8 Å². The Morgan fingerprint density at radius 3 is 2.20 bits per heavy atom. The fourth-order valence-corrected chi connectivity index (χ4v) is 4.36. The summed E-state index contributed by atoms with van der Waals surface area (Å²) >= 11 is 0. The van der Waals surface area contributed by atoms with Gasteiger partial charge in [-0.1, -0.05) is 48.0 Å². The third kappa shape index (κ3) is 5.45. The molecule has 0 unspecified atom stereocenters. The van der Waals surface area contributed by atoms with Gasteiger partial charge < -0.3 is 5.32 Å². The number of carbonyl (C=O) groups excluding carboxylic acids is 1. The molecule has 0 bridgehead atoms. The summed E-state index contributed by atoms with van der Waals surface area (Å²) in [4.78, 5) is 12.6. The second kappa shape index (κ2) is 9.54. The number of halogens is 1. The van der Waals surface area contributed by atoms with Crippen LogP contribution in [-0.4, -0.2) is 27.4 Å². The molecule has 1 amide bonds. The molecule has 1 N–H and O–H groups in total. The van der Waals surface area contributed by atoms with E-state index in [9.17, 15) is 17.6 Å². The minimum Gasteiger partial charge on any atom is -0.354 e. The number of aryl methyl sites for hydroxylation is 1. The zero-order valence-electron chi connectivity index (χ0n) is 16.6. The predicted octanol–water partition coefficient (Wildman–Crippen LogP) is 3.69. The number of nitrogens with zero attached hydrogens (tertiary/aromatic N) is 1. The van der Waals surface area contributed by atoms with E-state index >= 15 is 0 Å². The van der Waals surface area contributed by atoms with E-state index in [1.54, 1.807) is 12.1 Å². The average Bonchev–Trinajstić information content (AvgIpc) is 2.74. The van der Waals surface area contributed by atoms with Gasteiger partial charge in [-0.15, -0.1) is 0 Å². The highest BCUT2D eigenvalue weighted by molar-refractivity contribution is 7.92. The van der Waals surface area contributed by atoms with Crippen molar-refractivity contribution in [3.8, 4) is 0 Å². The van der Waals surface area contributed by atoms with Gasteiger partial charge in [0.25, 0.3) is 10.0 Å². The number of rotatable bonds is 8. The van der Waals surface area contributed by atoms with Gasteiger partial charge in [-0.3, -0.25) is 9.10 Å². The summed E-state index contributed by atoms with van der Waals surface area (Å²) in [6, 6.07) is 21.1. The molecule has 3 aromatic carbocycles. The highest BCUT2D eigenvalue weighted by atomic mass is 32.2. The highest BCUT2D eigenvalue weighted by Crippen LogP contribution is 2.24. The summed E-state index contributed by atoms with van der Waals surface area (Å²) < 4.78 is 40.8. The lowest BCUT2D eigenvalue weighted by Gasteiger charge is -2.24. The zero-order valence-corrected chi connectivity index (χ0v) is 17.4. The quantitative estimate of drug-likeness (QED) is 0.597. The third-order valence-corrected chi connectivity index (χ3v) is 6.38. The number of anilines is 1. The number of carbonyl (C=O) groups is 1. The summed E-state index contributed by atoms with van der Waals surface area (Å²) in [5.74, 6) is -0.926. The summed E-state index contributed by atoms with van der Waals surface area (Å²) in [6.45, 7) is 1.83. The first-order valence-corrected chi connectivity index (χ1v) is 11.0. The molecule has 0 atom stereocenters. The molecular formula is C23H23FN2O3S. The predicted molar refractivity (Wildman–Crippen MR) is 115 cm³/mol. The number of hydrogen-bond acceptors (Lipinski definition) is 3. The van der Waals surface area contributed by atoms with Crippen LogP contribution in [0.25, 0.3) is 0 Å². The molecule has 5 nitrogen and oxygen atoms in total. The number of amides is 1. The normalized spacial score (nSPS) is 11.1. The lowest BCUT2D eigenvalue weighted by molar-refractivity contribution is -0.119. The van der Waals surface area contributed by atoms with E-state index in [0.29, 0.717) is 13.0 Å². The van der Waals surface area contributed by atoms with Crippen molar-refractivity contribution in [1.29, 1.82) is 0 Å². The van der Waals surface area contributed by atoms with Crippen molar-refractivity contribution in [2.45, 2.75) is 18.2 Å². The molecule has 0 fully saturated rings. The van der Waals surface area contributed by atoms with Gasteiger partial charge in [-0.05, 0) is 55.3 Å². The van der Waals surface area contributed by atoms with E-state index in [4.69, 9.17) is 0 Å². The van der Waals surface area contributed by atoms with E-state index in [1.165, 1.54) is 36.4 Å². The van der Waals surface area contributed by atoms with E-state index in [1.807, 2.05) is 37.3 Å². The third-order valence-electron chi connectivity index (χ3n) is 4.59. The monoisotopic (exact) mass is 426 g/mol. The second-order valence-corrected chi connectivity index (χ2v) is 8.75. The molecule has 156 valence electrons. The molecule has 0 aromatic heterocycles. The molecule has 0 aliphatic heterocycles. The van der Waals surface area contributed by atoms with Crippen LogP contribution in [0, 0.1) is 12.7 Å². The SMILES string of the molecule is Cc1ccc(S(=O)(=O)N(CC(=O)NCCc2ccccc2)c2ccc(F)cc2)cc1. The Balaban J connectivity index is 1.78. The van der Waals surface area contributed by atoms with Crippen molar-refractivity contribution >= 4 is 21.6 Å². The number of benzene rings is 3. The fraction of sp³-hybridized carbons (Fsp3) is 0.174. The molecule has 0 spiro atoms. The first kappa shape index (κ1) is 21.5. The number of hydrogen-bond donors (Lipinski definition) is 1. The first-order valence-electron chi connectivity index (χ1n) is 9.52. The number of nitrogens with one attached hydrogen (secondary N) is 1. The lowest BCUT2D eigenvalue weighted by Crippen LogP contribution is -2.41. The maximum absolute atomic E-state index is 13.4. The maximum atomic E-state index is 13.4. The second-order valence-electron chi connectivity index (χ2n) is 6.89. The van der Waals surface area contributed by atoms with Crippen LogP contribution >= 0.6 is 0 Å². The molecule has 7 heteroatoms. The van der Waals surface area contributed by atoms with Crippen molar-refractivity contribution in [2.75, 3.05) is 17.4 Å². The minimum absolute atomic E-state index is 0.0644. The fourth-order valence-electron chi connectivity index (χ4n) is 2.94. The molecular weight excluding hydrogens is 403 g/mol. The van der Waals surface area contributed by atoms with Crippen molar-refractivity contribution < 1.29 is 17.6 Å². The molecule has 30 heavy (non-hydrogen) atoms. The molecule has 0 aliphatic rings. The molecule has 0 heterocycles. The van der Waals surface area contributed by atoms with Crippen LogP contribution in [0.2, 0.25) is 0 Å². The maximum Gasteiger partial charge on any atom is 0.264 e. The van der Waals surface area contributed by atoms with Crippen molar-refractivity contribution in [2.24, 2.45) is 0 Å². The molecule has 3 rings (SSSR count). The van der Waals surface area contributed by atoms with Gasteiger partial charge in [0.05, 0.1) is 10.6 Å². The molecule has 0 radical (unpaired) electrons. The van der Waals surface area contributed by atoms with E-state index < -0.39 is 28.3 Å². The van der Waals surface area contributed by atoms with E-state index in [2.05, 4.69) is 5.32 Å². The van der Waals surface area contributed by atoms with Gasteiger partial charge in [0.1, 0.15) is 12.4 Å². The Hall–Kier alpha value is -3.19. The highest BCUT2D eigenvalue weighted by Gasteiger charge is 2.27. The average molecular weight is 427 g/mol. The molecule has 3 aromatic rings. The summed E-state index contributed by atoms with van der Waals surface area (Å²) in [6.07, 6.45) is 0.633. The summed E-state index contributed by atoms with van der Waals surface area (Å²) in [5.41, 5.74) is 2.21. The lowest BCUT2D eigenvalue weighted by atomic mass is 10.1. The largest absolute Gasteiger partial charge is 0.354 e. The Labute approximate surface area is 176 Å². The van der Waals surface area contributed by atoms with Crippen molar-refractivity contribution in [3.63, 3.8) is 0 Å². The van der Waals surface area contributed by atoms with Crippen LogP contribution in [0.4, 0.5) is 10.1 Å². The van der Waals surface area contributed by atoms with Crippen LogP contribution < -0.4 is 9.62 Å². The number of sulfonamides is 1. The van der Waals surface area contributed by atoms with Gasteiger partial charge in [0.15, 0.2) is 0 Å². The molecule has 0 aliphatic carbocycles. The Morgan fingerprint density at radius 2 is 1.57 bits per heavy atom. The summed E-state index contributed by atoms with van der Waals surface area (Å²) in [5, 5.41) is 2.76. The Bertz CT molecular complexity index is 1080. The minimum atomic E-state index is -4.01. The summed E-state index contributed by atoms with van der Waals surface area (Å²) in [7, 11) is -4.01. The zero-order chi connectivity index (χ0) is 21.6. The van der Waals surface area contributed by atoms with Crippen LogP contribution in [0.5, 0.6) is 0 Å². The van der Waals surface area contributed by atoms with Crippen LogP contribution in [0.3, 0.4) is 0 Å². The van der Waals surface area contributed by atoms with Crippen LogP contribution in [0.15, 0.2) is 83.8 Å². The molecule has 0 saturated heterocycles. The smallest absolute Gasteiger partial charge is 0.264 e. The first-order chi connectivity index (χ1) is 14.4. The Morgan fingerprint density at radius 1 is 0.933 bits per heavy atom. The van der Waals surface area contributed by atoms with Gasteiger partial charge in [0, 0.05) is 6.54 Å². The van der Waals surface area contributed by atoms with Gasteiger partial charge in [0.2, 0.25) is 5.91 Å². The van der Waals surface area contributed by atoms with Gasteiger partial charge >= 0.3 is 0 Å².